The highest BCUT2D eigenvalue weighted by molar-refractivity contribution is 14.0. The molecular weight excluding hydrogens is 395 g/mol. The molecule has 1 aromatic heterocycles. The van der Waals surface area contributed by atoms with Gasteiger partial charge in [0.15, 0.2) is 5.96 Å². The van der Waals surface area contributed by atoms with Crippen molar-refractivity contribution in [1.82, 2.24) is 10.2 Å². The van der Waals surface area contributed by atoms with Crippen LogP contribution in [0.4, 0.5) is 0 Å². The van der Waals surface area contributed by atoms with Crippen molar-refractivity contribution in [2.45, 2.75) is 38.6 Å². The van der Waals surface area contributed by atoms with Crippen LogP contribution in [0.15, 0.2) is 22.5 Å². The van der Waals surface area contributed by atoms with Crippen LogP contribution in [0, 0.1) is 0 Å². The van der Waals surface area contributed by atoms with Gasteiger partial charge in [0.25, 0.3) is 0 Å². The molecule has 0 amide bonds. The monoisotopic (exact) mass is 422 g/mol. The Hall–Kier alpha value is -0.340. The first-order valence-electron chi connectivity index (χ1n) is 7.60. The van der Waals surface area contributed by atoms with Crippen molar-refractivity contribution < 1.29 is 0 Å². The smallest absolute Gasteiger partial charge is 0.188 e. The van der Waals surface area contributed by atoms with Crippen molar-refractivity contribution in [1.29, 1.82) is 0 Å². The third-order valence-corrected chi connectivity index (χ3v) is 4.82. The van der Waals surface area contributed by atoms with E-state index in [-0.39, 0.29) is 24.0 Å². The number of halogens is 1. The molecule has 0 bridgehead atoms. The third kappa shape index (κ3) is 6.52. The Morgan fingerprint density at radius 3 is 3.10 bits per heavy atom. The molecule has 1 aromatic rings. The molecule has 0 aromatic carbocycles. The van der Waals surface area contributed by atoms with E-state index in [9.17, 15) is 0 Å². The summed E-state index contributed by atoms with van der Waals surface area (Å²) in [5, 5.41) is 5.32. The van der Waals surface area contributed by atoms with E-state index in [0.717, 1.165) is 26.1 Å². The fourth-order valence-corrected chi connectivity index (χ4v) is 3.42. The Kier molecular flexibility index (Phi) is 9.26. The molecule has 0 radical (unpaired) electrons. The second-order valence-electron chi connectivity index (χ2n) is 5.26. The molecule has 0 spiro atoms. The van der Waals surface area contributed by atoms with Gasteiger partial charge in [-0.05, 0) is 43.8 Å². The van der Waals surface area contributed by atoms with Gasteiger partial charge in [-0.25, -0.2) is 0 Å². The topological polar surface area (TPSA) is 53.6 Å². The van der Waals surface area contributed by atoms with Gasteiger partial charge < -0.3 is 11.1 Å². The molecule has 3 N–H and O–H groups in total. The Morgan fingerprint density at radius 2 is 2.38 bits per heavy atom. The second-order valence-corrected chi connectivity index (χ2v) is 6.29. The van der Waals surface area contributed by atoms with Crippen molar-refractivity contribution in [2.75, 3.05) is 26.2 Å². The molecule has 0 saturated carbocycles. The van der Waals surface area contributed by atoms with E-state index >= 15 is 0 Å². The Bertz CT molecular complexity index is 408. The first-order chi connectivity index (χ1) is 9.79. The van der Waals surface area contributed by atoms with Gasteiger partial charge in [0, 0.05) is 17.5 Å². The third-order valence-electron chi connectivity index (χ3n) is 3.89. The van der Waals surface area contributed by atoms with Gasteiger partial charge in [-0.1, -0.05) is 19.4 Å². The number of piperidine rings is 1. The maximum atomic E-state index is 5.94. The summed E-state index contributed by atoms with van der Waals surface area (Å²) in [4.78, 5) is 8.41. The minimum absolute atomic E-state index is 0. The molecule has 1 saturated heterocycles. The molecule has 1 aliphatic rings. The van der Waals surface area contributed by atoms with Crippen LogP contribution in [-0.4, -0.2) is 43.1 Å². The quantitative estimate of drug-likeness (QED) is 0.421. The summed E-state index contributed by atoms with van der Waals surface area (Å²) >= 11 is 1.79. The summed E-state index contributed by atoms with van der Waals surface area (Å²) in [5.41, 5.74) is 5.94. The first-order valence-corrected chi connectivity index (χ1v) is 8.47. The van der Waals surface area contributed by atoms with Crippen molar-refractivity contribution >= 4 is 41.3 Å². The van der Waals surface area contributed by atoms with E-state index in [1.165, 1.54) is 30.7 Å². The number of rotatable bonds is 6. The van der Waals surface area contributed by atoms with Crippen molar-refractivity contribution in [2.24, 2.45) is 10.7 Å². The number of hydrogen-bond donors (Lipinski definition) is 2. The maximum absolute atomic E-state index is 5.94. The van der Waals surface area contributed by atoms with Crippen molar-refractivity contribution in [3.63, 3.8) is 0 Å². The number of aliphatic imine (C=N–C) groups is 1. The molecule has 1 unspecified atom stereocenters. The van der Waals surface area contributed by atoms with E-state index in [1.807, 2.05) is 0 Å². The lowest BCUT2D eigenvalue weighted by molar-refractivity contribution is 0.161. The molecular formula is C15H27IN4S. The normalized spacial score (nSPS) is 20.0. The summed E-state index contributed by atoms with van der Waals surface area (Å²) in [6.45, 7) is 6.24. The van der Waals surface area contributed by atoms with Gasteiger partial charge in [-0.3, -0.25) is 9.89 Å². The van der Waals surface area contributed by atoms with E-state index in [0.29, 0.717) is 12.0 Å². The minimum Gasteiger partial charge on any atom is -0.370 e. The van der Waals surface area contributed by atoms with Gasteiger partial charge in [0.05, 0.1) is 6.54 Å². The van der Waals surface area contributed by atoms with E-state index < -0.39 is 0 Å². The van der Waals surface area contributed by atoms with Crippen LogP contribution < -0.4 is 11.1 Å². The van der Waals surface area contributed by atoms with Crippen LogP contribution in [-0.2, 0) is 6.42 Å². The minimum atomic E-state index is 0. The fourth-order valence-electron chi connectivity index (χ4n) is 2.71. The molecule has 4 nitrogen and oxygen atoms in total. The molecule has 1 aliphatic heterocycles. The first kappa shape index (κ1) is 18.7. The van der Waals surface area contributed by atoms with Gasteiger partial charge in [0.2, 0.25) is 0 Å². The molecule has 6 heteroatoms. The molecule has 120 valence electrons. The Balaban J connectivity index is 0.00000220. The number of likely N-dealkylation sites (N-methyl/N-ethyl adjacent to an activating group) is 1. The van der Waals surface area contributed by atoms with Crippen LogP contribution in [0.25, 0.3) is 0 Å². The number of nitrogens with two attached hydrogens (primary N) is 1. The van der Waals surface area contributed by atoms with Crippen LogP contribution in [0.5, 0.6) is 0 Å². The summed E-state index contributed by atoms with van der Waals surface area (Å²) < 4.78 is 0. The van der Waals surface area contributed by atoms with E-state index in [4.69, 9.17) is 5.73 Å². The maximum Gasteiger partial charge on any atom is 0.188 e. The van der Waals surface area contributed by atoms with Gasteiger partial charge in [0.1, 0.15) is 0 Å². The van der Waals surface area contributed by atoms with Gasteiger partial charge in [-0.15, -0.1) is 35.3 Å². The number of guanidine groups is 1. The number of thiophene rings is 1. The van der Waals surface area contributed by atoms with Gasteiger partial charge >= 0.3 is 0 Å². The molecule has 1 atom stereocenters. The van der Waals surface area contributed by atoms with E-state index in [1.54, 1.807) is 11.3 Å². The predicted octanol–water partition coefficient (Wildman–Crippen LogP) is 2.69. The molecule has 0 aliphatic carbocycles. The van der Waals surface area contributed by atoms with E-state index in [2.05, 4.69) is 39.6 Å². The summed E-state index contributed by atoms with van der Waals surface area (Å²) in [7, 11) is 0. The zero-order chi connectivity index (χ0) is 14.2. The lowest BCUT2D eigenvalue weighted by Crippen LogP contribution is -2.42. The molecule has 21 heavy (non-hydrogen) atoms. The Morgan fingerprint density at radius 1 is 1.52 bits per heavy atom. The highest BCUT2D eigenvalue weighted by atomic mass is 127. The zero-order valence-corrected chi connectivity index (χ0v) is 15.9. The van der Waals surface area contributed by atoms with Crippen LogP contribution in [0.2, 0.25) is 0 Å². The molecule has 1 fully saturated rings. The SMILES string of the molecule is CCN1CCCCC1CN=C(N)NCCc1cccs1.I. The second kappa shape index (κ2) is 10.4. The van der Waals surface area contributed by atoms with Crippen molar-refractivity contribution in [3.8, 4) is 0 Å². The molecule has 2 rings (SSSR count). The van der Waals surface area contributed by atoms with Crippen LogP contribution >= 0.6 is 35.3 Å². The standard InChI is InChI=1S/C15H26N4S.HI/c1-2-19-10-4-3-6-13(19)12-18-15(16)17-9-8-14-7-5-11-20-14;/h5,7,11,13H,2-4,6,8-10,12H2,1H3,(H3,16,17,18);1H. The van der Waals surface area contributed by atoms with Crippen LogP contribution in [0.1, 0.15) is 31.1 Å². The van der Waals surface area contributed by atoms with Crippen molar-refractivity contribution in [3.05, 3.63) is 22.4 Å². The van der Waals surface area contributed by atoms with Gasteiger partial charge in [-0.2, -0.15) is 0 Å². The predicted molar refractivity (Wildman–Crippen MR) is 103 cm³/mol. The Labute approximate surface area is 149 Å². The lowest BCUT2D eigenvalue weighted by atomic mass is 10.0. The highest BCUT2D eigenvalue weighted by Gasteiger charge is 2.20. The fraction of sp³-hybridized carbons (Fsp3) is 0.667. The average Bonchev–Trinajstić information content (AvgIpc) is 2.98. The largest absolute Gasteiger partial charge is 0.370 e. The molecule has 2 heterocycles. The number of hydrogen-bond acceptors (Lipinski definition) is 3. The lowest BCUT2D eigenvalue weighted by Gasteiger charge is -2.33. The number of nitrogens with zero attached hydrogens (tertiary/aromatic N) is 2. The number of likely N-dealkylation sites (tertiary alicyclic amines) is 1. The van der Waals surface area contributed by atoms with Crippen LogP contribution in [0.3, 0.4) is 0 Å². The average molecular weight is 422 g/mol. The summed E-state index contributed by atoms with van der Waals surface area (Å²) in [6, 6.07) is 4.81. The summed E-state index contributed by atoms with van der Waals surface area (Å²) in [5.74, 6) is 0.586. The summed E-state index contributed by atoms with van der Waals surface area (Å²) in [6.07, 6.45) is 4.91. The highest BCUT2D eigenvalue weighted by Crippen LogP contribution is 2.16. The zero-order valence-electron chi connectivity index (χ0n) is 12.8. The number of nitrogens with one attached hydrogen (secondary N) is 1.